The van der Waals surface area contributed by atoms with Crippen molar-refractivity contribution in [3.05, 3.63) is 58.8 Å². The number of allylic oxidation sites excluding steroid dienone is 1. The Morgan fingerprint density at radius 2 is 1.93 bits per heavy atom. The molecule has 4 heterocycles. The number of halogens is 1. The number of amides is 2. The molecule has 0 radical (unpaired) electrons. The average Bonchev–Trinajstić information content (AvgIpc) is 3.52. The summed E-state index contributed by atoms with van der Waals surface area (Å²) in [6, 6.07) is 8.95. The average molecular weight is 565 g/mol. The number of aromatic nitrogens is 3. The first-order valence-corrected chi connectivity index (χ1v) is 14.5. The van der Waals surface area contributed by atoms with E-state index in [0.29, 0.717) is 58.5 Å². The monoisotopic (exact) mass is 564 g/mol. The van der Waals surface area contributed by atoms with Gasteiger partial charge in [-0.3, -0.25) is 14.5 Å². The number of nitrogens with zero attached hydrogens (tertiary/aromatic N) is 5. The quantitative estimate of drug-likeness (QED) is 0.411. The molecule has 2 fully saturated rings. The van der Waals surface area contributed by atoms with Crippen LogP contribution < -0.4 is 10.2 Å². The van der Waals surface area contributed by atoms with Gasteiger partial charge in [-0.1, -0.05) is 23.7 Å². The number of rotatable bonds is 8. The second-order valence-electron chi connectivity index (χ2n) is 10.6. The summed E-state index contributed by atoms with van der Waals surface area (Å²) in [6.45, 7) is 8.34. The number of pyridine rings is 1. The van der Waals surface area contributed by atoms with Crippen LogP contribution in [-0.4, -0.2) is 81.7 Å². The second-order valence-corrected chi connectivity index (χ2v) is 11.0. The van der Waals surface area contributed by atoms with Crippen molar-refractivity contribution in [3.63, 3.8) is 0 Å². The summed E-state index contributed by atoms with van der Waals surface area (Å²) in [4.78, 5) is 45.9. The number of para-hydroxylation sites is 1. The molecule has 0 saturated carbocycles. The summed E-state index contributed by atoms with van der Waals surface area (Å²) in [5.41, 5.74) is 3.08. The minimum atomic E-state index is -0.201. The highest BCUT2D eigenvalue weighted by Crippen LogP contribution is 2.29. The molecule has 0 bridgehead atoms. The minimum Gasteiger partial charge on any atom is -0.410 e. The Morgan fingerprint density at radius 1 is 1.12 bits per heavy atom. The number of fused-ring (bicyclic) bond motifs is 1. The lowest BCUT2D eigenvalue weighted by molar-refractivity contribution is -0.126. The van der Waals surface area contributed by atoms with E-state index < -0.39 is 0 Å². The van der Waals surface area contributed by atoms with E-state index >= 15 is 0 Å². The van der Waals surface area contributed by atoms with E-state index in [1.54, 1.807) is 29.0 Å². The SMILES string of the molecule is CC=CC(=O)N1CCCC[C@@H](NC(=O)c2cc(C)nc(-c3nc4cccc(Cl)c4n3OCCN3CCCC3)c2)C1. The van der Waals surface area contributed by atoms with Gasteiger partial charge in [0.25, 0.3) is 5.91 Å². The number of hydrogen-bond donors (Lipinski definition) is 1. The van der Waals surface area contributed by atoms with E-state index in [9.17, 15) is 9.59 Å². The summed E-state index contributed by atoms with van der Waals surface area (Å²) < 4.78 is 1.66. The van der Waals surface area contributed by atoms with Gasteiger partial charge >= 0.3 is 0 Å². The van der Waals surface area contributed by atoms with Gasteiger partial charge in [-0.05, 0) is 89.4 Å². The predicted molar refractivity (Wildman–Crippen MR) is 156 cm³/mol. The maximum absolute atomic E-state index is 13.5. The van der Waals surface area contributed by atoms with Crippen LogP contribution >= 0.6 is 11.6 Å². The first-order chi connectivity index (χ1) is 19.4. The minimum absolute atomic E-state index is 0.0204. The van der Waals surface area contributed by atoms with Crippen molar-refractivity contribution in [2.45, 2.75) is 52.0 Å². The molecule has 212 valence electrons. The van der Waals surface area contributed by atoms with Gasteiger partial charge in [-0.2, -0.15) is 4.73 Å². The highest BCUT2D eigenvalue weighted by Gasteiger charge is 2.24. The van der Waals surface area contributed by atoms with Crippen LogP contribution in [0.1, 0.15) is 55.1 Å². The molecule has 0 spiro atoms. The Bertz CT molecular complexity index is 1400. The predicted octanol–water partition coefficient (Wildman–Crippen LogP) is 4.27. The summed E-state index contributed by atoms with van der Waals surface area (Å²) in [7, 11) is 0. The Labute approximate surface area is 240 Å². The number of benzene rings is 1. The molecule has 0 unspecified atom stereocenters. The number of hydrogen-bond acceptors (Lipinski definition) is 6. The van der Waals surface area contributed by atoms with Gasteiger partial charge in [-0.25, -0.2) is 9.97 Å². The lowest BCUT2D eigenvalue weighted by Gasteiger charge is -2.24. The lowest BCUT2D eigenvalue weighted by Crippen LogP contribution is -2.44. The number of nitrogens with one attached hydrogen (secondary N) is 1. The molecule has 0 aliphatic carbocycles. The van der Waals surface area contributed by atoms with Gasteiger partial charge < -0.3 is 15.1 Å². The molecule has 1 atom stereocenters. The van der Waals surface area contributed by atoms with E-state index in [0.717, 1.165) is 38.9 Å². The Balaban J connectivity index is 1.40. The van der Waals surface area contributed by atoms with Gasteiger partial charge in [0.2, 0.25) is 5.91 Å². The molecule has 10 heteroatoms. The third-order valence-corrected chi connectivity index (χ3v) is 7.79. The Kier molecular flexibility index (Phi) is 9.01. The molecule has 5 rings (SSSR count). The zero-order chi connectivity index (χ0) is 28.1. The lowest BCUT2D eigenvalue weighted by atomic mass is 10.1. The molecule has 1 aromatic carbocycles. The van der Waals surface area contributed by atoms with E-state index in [-0.39, 0.29) is 17.9 Å². The van der Waals surface area contributed by atoms with Gasteiger partial charge in [0.1, 0.15) is 17.8 Å². The molecule has 2 saturated heterocycles. The van der Waals surface area contributed by atoms with E-state index in [2.05, 4.69) is 10.2 Å². The number of imidazole rings is 1. The van der Waals surface area contributed by atoms with Gasteiger partial charge in [-0.15, -0.1) is 0 Å². The van der Waals surface area contributed by atoms with Crippen molar-refractivity contribution in [1.29, 1.82) is 0 Å². The summed E-state index contributed by atoms with van der Waals surface area (Å²) in [6.07, 6.45) is 8.45. The highest BCUT2D eigenvalue weighted by atomic mass is 35.5. The van der Waals surface area contributed by atoms with Crippen LogP contribution in [-0.2, 0) is 4.79 Å². The smallest absolute Gasteiger partial charge is 0.251 e. The first kappa shape index (κ1) is 28.1. The van der Waals surface area contributed by atoms with Crippen molar-refractivity contribution < 1.29 is 14.4 Å². The zero-order valence-corrected chi connectivity index (χ0v) is 24.0. The summed E-state index contributed by atoms with van der Waals surface area (Å²) in [5.74, 6) is 0.278. The van der Waals surface area contributed by atoms with Crippen LogP contribution in [0.4, 0.5) is 0 Å². The van der Waals surface area contributed by atoms with Crippen molar-refractivity contribution in [1.82, 2.24) is 29.8 Å². The Morgan fingerprint density at radius 3 is 2.73 bits per heavy atom. The number of likely N-dealkylation sites (tertiary alicyclic amines) is 2. The highest BCUT2D eigenvalue weighted by molar-refractivity contribution is 6.35. The van der Waals surface area contributed by atoms with E-state index in [4.69, 9.17) is 26.4 Å². The van der Waals surface area contributed by atoms with Gasteiger partial charge in [0.05, 0.1) is 10.5 Å². The maximum atomic E-state index is 13.5. The third kappa shape index (κ3) is 6.47. The van der Waals surface area contributed by atoms with Crippen LogP contribution in [0.25, 0.3) is 22.6 Å². The molecule has 9 nitrogen and oxygen atoms in total. The first-order valence-electron chi connectivity index (χ1n) is 14.2. The molecule has 2 aliphatic rings. The fourth-order valence-electron chi connectivity index (χ4n) is 5.51. The maximum Gasteiger partial charge on any atom is 0.251 e. The summed E-state index contributed by atoms with van der Waals surface area (Å²) >= 11 is 6.59. The Hall–Kier alpha value is -3.43. The van der Waals surface area contributed by atoms with Gasteiger partial charge in [0, 0.05) is 36.9 Å². The molecule has 1 N–H and O–H groups in total. The fraction of sp³-hybridized carbons (Fsp3) is 0.467. The van der Waals surface area contributed by atoms with Crippen molar-refractivity contribution >= 4 is 34.4 Å². The third-order valence-electron chi connectivity index (χ3n) is 7.49. The van der Waals surface area contributed by atoms with E-state index in [1.807, 2.05) is 36.9 Å². The van der Waals surface area contributed by atoms with Crippen molar-refractivity contribution in [2.24, 2.45) is 0 Å². The normalized spacial score (nSPS) is 18.4. The molecule has 2 amide bonds. The van der Waals surface area contributed by atoms with Gasteiger partial charge in [0.15, 0.2) is 5.82 Å². The fourth-order valence-corrected chi connectivity index (χ4v) is 5.75. The number of aryl methyl sites for hydroxylation is 1. The topological polar surface area (TPSA) is 92.6 Å². The van der Waals surface area contributed by atoms with Crippen molar-refractivity contribution in [3.8, 4) is 11.5 Å². The van der Waals surface area contributed by atoms with Crippen LogP contribution in [0.2, 0.25) is 5.02 Å². The van der Waals surface area contributed by atoms with Crippen LogP contribution in [0.15, 0.2) is 42.5 Å². The molecule has 2 aromatic heterocycles. The van der Waals surface area contributed by atoms with Crippen LogP contribution in [0, 0.1) is 6.92 Å². The molecule has 3 aromatic rings. The van der Waals surface area contributed by atoms with Crippen LogP contribution in [0.5, 0.6) is 0 Å². The van der Waals surface area contributed by atoms with E-state index in [1.165, 1.54) is 12.8 Å². The zero-order valence-electron chi connectivity index (χ0n) is 23.2. The standard InChI is InChI=1S/C30H37ClN6O3/c1-3-9-27(38)36-15-5-4-10-23(20-36)33-30(39)22-18-21(2)32-26(19-22)29-34-25-12-8-11-24(31)28(25)37(29)40-17-16-35-13-6-7-14-35/h3,8-9,11-12,18-19,23H,4-7,10,13-17,20H2,1-2H3,(H,33,39)/t23-/m1/s1. The van der Waals surface area contributed by atoms with Crippen LogP contribution in [0.3, 0.4) is 0 Å². The molecule has 2 aliphatic heterocycles. The largest absolute Gasteiger partial charge is 0.410 e. The molecular weight excluding hydrogens is 528 g/mol. The number of carbonyl (C=O) groups is 2. The second kappa shape index (κ2) is 12.8. The number of carbonyl (C=O) groups excluding carboxylic acids is 2. The van der Waals surface area contributed by atoms with Crippen molar-refractivity contribution in [2.75, 3.05) is 39.3 Å². The molecule has 40 heavy (non-hydrogen) atoms. The molecular formula is C30H37ClN6O3. The summed E-state index contributed by atoms with van der Waals surface area (Å²) in [5, 5.41) is 3.69.